The second kappa shape index (κ2) is 9.74. The summed E-state index contributed by atoms with van der Waals surface area (Å²) >= 11 is 0. The molecular weight excluding hydrogens is 412 g/mol. The van der Waals surface area contributed by atoms with Gasteiger partial charge < -0.3 is 29.5 Å². The molecule has 1 unspecified atom stereocenters. The standard InChI is InChI=1S/C24H28N2O6/c1-25(2)12-5-13-26-21(16-8-11-19(32-4)18(27)14-16)20(23(29)24(26)30)22(28)15-6-9-17(31-3)10-7-15/h6-11,14,21,27-28H,5,12-13H2,1-4H3/b22-20-. The quantitative estimate of drug-likeness (QED) is 0.370. The summed E-state index contributed by atoms with van der Waals surface area (Å²) in [5.74, 6) is -0.965. The van der Waals surface area contributed by atoms with Crippen molar-refractivity contribution in [3.63, 3.8) is 0 Å². The second-order valence-electron chi connectivity index (χ2n) is 7.81. The van der Waals surface area contributed by atoms with Gasteiger partial charge in [0.25, 0.3) is 11.7 Å². The number of carbonyl (C=O) groups excluding carboxylic acids is 2. The third kappa shape index (κ3) is 4.55. The number of nitrogens with zero attached hydrogens (tertiary/aromatic N) is 2. The fraction of sp³-hybridized carbons (Fsp3) is 0.333. The van der Waals surface area contributed by atoms with Gasteiger partial charge in [0.15, 0.2) is 11.5 Å². The molecule has 1 aliphatic heterocycles. The second-order valence-corrected chi connectivity index (χ2v) is 7.81. The Balaban J connectivity index is 2.10. The SMILES string of the molecule is COc1ccc(/C(O)=C2/C(=O)C(=O)N(CCCN(C)C)C2c2ccc(OC)c(O)c2)cc1. The highest BCUT2D eigenvalue weighted by Gasteiger charge is 2.46. The molecule has 0 bridgehead atoms. The molecule has 1 fully saturated rings. The Morgan fingerprint density at radius 2 is 1.75 bits per heavy atom. The van der Waals surface area contributed by atoms with Gasteiger partial charge in [0.1, 0.15) is 11.5 Å². The molecule has 1 saturated heterocycles. The molecule has 0 radical (unpaired) electrons. The average molecular weight is 440 g/mol. The van der Waals surface area contributed by atoms with Gasteiger partial charge in [-0.15, -0.1) is 0 Å². The number of ether oxygens (including phenoxy) is 2. The highest BCUT2D eigenvalue weighted by Crippen LogP contribution is 2.41. The number of phenols is 1. The Labute approximate surface area is 187 Å². The monoisotopic (exact) mass is 440 g/mol. The smallest absolute Gasteiger partial charge is 0.295 e. The van der Waals surface area contributed by atoms with Crippen molar-refractivity contribution in [3.8, 4) is 17.2 Å². The van der Waals surface area contributed by atoms with E-state index in [1.165, 1.54) is 25.2 Å². The molecule has 0 aliphatic carbocycles. The van der Waals surface area contributed by atoms with Crippen LogP contribution in [0, 0.1) is 0 Å². The Kier molecular flexibility index (Phi) is 7.05. The number of phenolic OH excluding ortho intramolecular Hbond substituents is 1. The van der Waals surface area contributed by atoms with Gasteiger partial charge in [0.2, 0.25) is 0 Å². The maximum atomic E-state index is 13.0. The normalized spacial score (nSPS) is 17.8. The first kappa shape index (κ1) is 23.1. The molecular formula is C24H28N2O6. The molecule has 3 rings (SSSR count). The number of aliphatic hydroxyl groups is 1. The summed E-state index contributed by atoms with van der Waals surface area (Å²) in [7, 11) is 6.82. The number of aliphatic hydroxyl groups excluding tert-OH is 1. The minimum atomic E-state index is -0.837. The summed E-state index contributed by atoms with van der Waals surface area (Å²) in [6.07, 6.45) is 0.640. The first-order valence-corrected chi connectivity index (χ1v) is 10.2. The molecule has 32 heavy (non-hydrogen) atoms. The van der Waals surface area contributed by atoms with E-state index < -0.39 is 17.7 Å². The van der Waals surface area contributed by atoms with Crippen LogP contribution in [0.5, 0.6) is 17.2 Å². The van der Waals surface area contributed by atoms with E-state index in [2.05, 4.69) is 0 Å². The van der Waals surface area contributed by atoms with Crippen molar-refractivity contribution >= 4 is 17.4 Å². The van der Waals surface area contributed by atoms with Crippen LogP contribution in [0.4, 0.5) is 0 Å². The van der Waals surface area contributed by atoms with Crippen LogP contribution >= 0.6 is 0 Å². The fourth-order valence-corrected chi connectivity index (χ4v) is 3.80. The Morgan fingerprint density at radius 1 is 1.06 bits per heavy atom. The van der Waals surface area contributed by atoms with Crippen LogP contribution in [0.2, 0.25) is 0 Å². The number of hydrogen-bond acceptors (Lipinski definition) is 7. The van der Waals surface area contributed by atoms with E-state index in [1.807, 2.05) is 19.0 Å². The molecule has 2 aromatic rings. The molecule has 1 atom stereocenters. The Hall–Kier alpha value is -3.52. The van der Waals surface area contributed by atoms with Gasteiger partial charge in [-0.1, -0.05) is 6.07 Å². The lowest BCUT2D eigenvalue weighted by molar-refractivity contribution is -0.139. The maximum absolute atomic E-state index is 13.0. The molecule has 1 heterocycles. The summed E-state index contributed by atoms with van der Waals surface area (Å²) in [4.78, 5) is 29.4. The predicted molar refractivity (Wildman–Crippen MR) is 120 cm³/mol. The van der Waals surface area contributed by atoms with E-state index in [-0.39, 0.29) is 22.8 Å². The van der Waals surface area contributed by atoms with Crippen LogP contribution in [0.15, 0.2) is 48.0 Å². The number of ketones is 1. The van der Waals surface area contributed by atoms with Crippen molar-refractivity contribution in [2.24, 2.45) is 0 Å². The van der Waals surface area contributed by atoms with Crippen molar-refractivity contribution in [2.75, 3.05) is 41.4 Å². The van der Waals surface area contributed by atoms with Crippen LogP contribution in [0.3, 0.4) is 0 Å². The van der Waals surface area contributed by atoms with Crippen molar-refractivity contribution < 1.29 is 29.3 Å². The topological polar surface area (TPSA) is 99.5 Å². The number of likely N-dealkylation sites (tertiary alicyclic amines) is 1. The van der Waals surface area contributed by atoms with Gasteiger partial charge >= 0.3 is 0 Å². The van der Waals surface area contributed by atoms with Crippen LogP contribution in [-0.4, -0.2) is 73.1 Å². The van der Waals surface area contributed by atoms with Gasteiger partial charge in [0, 0.05) is 12.1 Å². The largest absolute Gasteiger partial charge is 0.507 e. The van der Waals surface area contributed by atoms with E-state index in [0.29, 0.717) is 29.8 Å². The lowest BCUT2D eigenvalue weighted by Gasteiger charge is -2.26. The van der Waals surface area contributed by atoms with E-state index >= 15 is 0 Å². The fourth-order valence-electron chi connectivity index (χ4n) is 3.80. The molecule has 2 N–H and O–H groups in total. The average Bonchev–Trinajstić information content (AvgIpc) is 3.03. The van der Waals surface area contributed by atoms with Crippen LogP contribution in [0.25, 0.3) is 5.76 Å². The highest BCUT2D eigenvalue weighted by atomic mass is 16.5. The molecule has 1 amide bonds. The molecule has 8 nitrogen and oxygen atoms in total. The number of benzene rings is 2. The van der Waals surface area contributed by atoms with Gasteiger partial charge in [-0.25, -0.2) is 0 Å². The van der Waals surface area contributed by atoms with E-state index in [1.54, 1.807) is 36.4 Å². The van der Waals surface area contributed by atoms with Crippen molar-refractivity contribution in [1.82, 2.24) is 9.80 Å². The maximum Gasteiger partial charge on any atom is 0.295 e. The number of aromatic hydroxyl groups is 1. The van der Waals surface area contributed by atoms with E-state index in [0.717, 1.165) is 6.54 Å². The molecule has 1 aliphatic rings. The number of hydrogen-bond donors (Lipinski definition) is 2. The predicted octanol–water partition coefficient (Wildman–Crippen LogP) is 2.78. The molecule has 0 spiro atoms. The van der Waals surface area contributed by atoms with E-state index in [9.17, 15) is 19.8 Å². The molecule has 0 aromatic heterocycles. The summed E-state index contributed by atoms with van der Waals surface area (Å²) in [5.41, 5.74) is 0.872. The molecule has 2 aromatic carbocycles. The number of Topliss-reactive ketones (excluding diaryl/α,β-unsaturated/α-hetero) is 1. The molecule has 8 heteroatoms. The zero-order valence-electron chi connectivity index (χ0n) is 18.7. The van der Waals surface area contributed by atoms with Crippen LogP contribution in [0.1, 0.15) is 23.6 Å². The lowest BCUT2D eigenvalue weighted by Crippen LogP contribution is -2.32. The number of carbonyl (C=O) groups is 2. The zero-order chi connectivity index (χ0) is 23.4. The summed E-state index contributed by atoms with van der Waals surface area (Å²) < 4.78 is 10.3. The van der Waals surface area contributed by atoms with Crippen molar-refractivity contribution in [3.05, 3.63) is 59.2 Å². The summed E-state index contributed by atoms with van der Waals surface area (Å²) in [6, 6.07) is 10.4. The number of amides is 1. The first-order valence-electron chi connectivity index (χ1n) is 10.2. The molecule has 0 saturated carbocycles. The van der Waals surface area contributed by atoms with Crippen LogP contribution < -0.4 is 9.47 Å². The van der Waals surface area contributed by atoms with Gasteiger partial charge in [-0.2, -0.15) is 0 Å². The minimum absolute atomic E-state index is 0.0189. The Bertz CT molecular complexity index is 1030. The highest BCUT2D eigenvalue weighted by molar-refractivity contribution is 6.46. The molecule has 170 valence electrons. The Morgan fingerprint density at radius 3 is 2.31 bits per heavy atom. The summed E-state index contributed by atoms with van der Waals surface area (Å²) in [5, 5.41) is 21.4. The van der Waals surface area contributed by atoms with Crippen molar-refractivity contribution in [1.29, 1.82) is 0 Å². The van der Waals surface area contributed by atoms with Crippen LogP contribution in [-0.2, 0) is 9.59 Å². The van der Waals surface area contributed by atoms with Gasteiger partial charge in [0.05, 0.1) is 25.8 Å². The minimum Gasteiger partial charge on any atom is -0.507 e. The van der Waals surface area contributed by atoms with Crippen molar-refractivity contribution in [2.45, 2.75) is 12.5 Å². The number of rotatable bonds is 8. The first-order chi connectivity index (χ1) is 15.3. The number of methoxy groups -OCH3 is 2. The van der Waals surface area contributed by atoms with Gasteiger partial charge in [-0.05, 0) is 69.0 Å². The zero-order valence-corrected chi connectivity index (χ0v) is 18.7. The van der Waals surface area contributed by atoms with Gasteiger partial charge in [-0.3, -0.25) is 9.59 Å². The third-order valence-corrected chi connectivity index (χ3v) is 5.43. The van der Waals surface area contributed by atoms with E-state index in [4.69, 9.17) is 9.47 Å². The third-order valence-electron chi connectivity index (χ3n) is 5.43. The summed E-state index contributed by atoms with van der Waals surface area (Å²) in [6.45, 7) is 1.04. The lowest BCUT2D eigenvalue weighted by atomic mass is 9.95.